The molecule has 1 heterocycles. The van der Waals surface area contributed by atoms with Crippen molar-refractivity contribution in [2.75, 3.05) is 25.4 Å². The van der Waals surface area contributed by atoms with Crippen LogP contribution in [0.25, 0.3) is 0 Å². The number of nitrogens with zero attached hydrogens (tertiary/aromatic N) is 1. The van der Waals surface area contributed by atoms with Gasteiger partial charge in [-0.15, -0.1) is 0 Å². The largest absolute Gasteiger partial charge is 0.492 e. The van der Waals surface area contributed by atoms with E-state index in [0.717, 1.165) is 0 Å². The average Bonchev–Trinajstić information content (AvgIpc) is 2.69. The maximum atomic E-state index is 11.6. The SMILES string of the molecule is O=S1(=O)CCCN1CCOc1cccc(B(O)O)c1. The van der Waals surface area contributed by atoms with Crippen LogP contribution in [0.3, 0.4) is 0 Å². The van der Waals surface area contributed by atoms with Crippen molar-refractivity contribution in [3.05, 3.63) is 24.3 Å². The molecule has 0 amide bonds. The first-order valence-corrected chi connectivity index (χ1v) is 7.67. The quantitative estimate of drug-likeness (QED) is 0.662. The molecule has 1 aliphatic heterocycles. The van der Waals surface area contributed by atoms with Crippen LogP contribution in [0.1, 0.15) is 6.42 Å². The molecular formula is C11H16BNO5S. The van der Waals surface area contributed by atoms with Crippen molar-refractivity contribution in [2.45, 2.75) is 6.42 Å². The molecule has 2 rings (SSSR count). The second kappa shape index (κ2) is 5.91. The Bertz CT molecular complexity index is 534. The molecule has 2 N–H and O–H groups in total. The Kier molecular flexibility index (Phi) is 4.46. The Morgan fingerprint density at radius 1 is 1.37 bits per heavy atom. The summed E-state index contributed by atoms with van der Waals surface area (Å²) in [7, 11) is -4.63. The van der Waals surface area contributed by atoms with E-state index in [2.05, 4.69) is 0 Å². The molecule has 0 saturated carbocycles. The van der Waals surface area contributed by atoms with Crippen LogP contribution in [0.15, 0.2) is 24.3 Å². The number of benzene rings is 1. The molecule has 0 aliphatic carbocycles. The third-order valence-electron chi connectivity index (χ3n) is 2.97. The van der Waals surface area contributed by atoms with Crippen molar-refractivity contribution in [3.63, 3.8) is 0 Å². The Balaban J connectivity index is 1.88. The molecule has 6 nitrogen and oxygen atoms in total. The van der Waals surface area contributed by atoms with E-state index in [0.29, 0.717) is 30.7 Å². The summed E-state index contributed by atoms with van der Waals surface area (Å²) >= 11 is 0. The summed E-state index contributed by atoms with van der Waals surface area (Å²) in [6.45, 7) is 1.10. The predicted octanol–water partition coefficient (Wildman–Crippen LogP) is -1.22. The van der Waals surface area contributed by atoms with E-state index in [-0.39, 0.29) is 12.4 Å². The number of hydrogen-bond donors (Lipinski definition) is 2. The van der Waals surface area contributed by atoms with E-state index in [4.69, 9.17) is 14.8 Å². The Morgan fingerprint density at radius 2 is 2.16 bits per heavy atom. The summed E-state index contributed by atoms with van der Waals surface area (Å²) in [5, 5.41) is 18.1. The molecule has 19 heavy (non-hydrogen) atoms. The standard InChI is InChI=1S/C11H16BNO5S/c14-12(15)10-3-1-4-11(9-10)18-7-6-13-5-2-8-19(13,16)17/h1,3-4,9,14-15H,2,5-8H2. The van der Waals surface area contributed by atoms with E-state index in [1.807, 2.05) is 0 Å². The molecule has 1 fully saturated rings. The van der Waals surface area contributed by atoms with Gasteiger partial charge in [0.25, 0.3) is 0 Å². The van der Waals surface area contributed by atoms with Gasteiger partial charge in [-0.05, 0) is 24.0 Å². The molecule has 0 radical (unpaired) electrons. The zero-order valence-electron chi connectivity index (χ0n) is 10.4. The van der Waals surface area contributed by atoms with Gasteiger partial charge in [0.05, 0.1) is 5.75 Å². The molecule has 0 atom stereocenters. The first-order valence-electron chi connectivity index (χ1n) is 6.06. The topological polar surface area (TPSA) is 87.1 Å². The number of ether oxygens (including phenoxy) is 1. The highest BCUT2D eigenvalue weighted by Gasteiger charge is 2.27. The number of rotatable bonds is 5. The van der Waals surface area contributed by atoms with Crippen LogP contribution in [-0.2, 0) is 10.0 Å². The molecule has 8 heteroatoms. The molecule has 1 aromatic carbocycles. The highest BCUT2D eigenvalue weighted by atomic mass is 32.2. The molecular weight excluding hydrogens is 269 g/mol. The van der Waals surface area contributed by atoms with Gasteiger partial charge in [0, 0.05) is 13.1 Å². The van der Waals surface area contributed by atoms with Crippen molar-refractivity contribution in [3.8, 4) is 5.75 Å². The fraction of sp³-hybridized carbons (Fsp3) is 0.455. The zero-order chi connectivity index (χ0) is 13.9. The maximum absolute atomic E-state index is 11.6. The second-order valence-electron chi connectivity index (χ2n) is 4.36. The molecule has 0 aromatic heterocycles. The van der Waals surface area contributed by atoms with Crippen LogP contribution in [0.5, 0.6) is 5.75 Å². The fourth-order valence-electron chi connectivity index (χ4n) is 1.97. The Hall–Kier alpha value is -1.09. The Labute approximate surface area is 112 Å². The normalized spacial score (nSPS) is 18.4. The molecule has 0 bridgehead atoms. The predicted molar refractivity (Wildman–Crippen MR) is 71.7 cm³/mol. The molecule has 1 aliphatic rings. The van der Waals surface area contributed by atoms with Crippen LogP contribution in [0.4, 0.5) is 0 Å². The van der Waals surface area contributed by atoms with Gasteiger partial charge >= 0.3 is 7.12 Å². The van der Waals surface area contributed by atoms with Gasteiger partial charge in [0.15, 0.2) is 0 Å². The second-order valence-corrected chi connectivity index (χ2v) is 6.45. The lowest BCUT2D eigenvalue weighted by molar-refractivity contribution is 0.279. The van der Waals surface area contributed by atoms with Crippen molar-refractivity contribution in [1.29, 1.82) is 0 Å². The molecule has 0 spiro atoms. The van der Waals surface area contributed by atoms with Gasteiger partial charge in [-0.3, -0.25) is 0 Å². The van der Waals surface area contributed by atoms with Gasteiger partial charge in [-0.2, -0.15) is 4.31 Å². The van der Waals surface area contributed by atoms with Crippen LogP contribution in [0.2, 0.25) is 0 Å². The van der Waals surface area contributed by atoms with Gasteiger partial charge < -0.3 is 14.8 Å². The highest BCUT2D eigenvalue weighted by Crippen LogP contribution is 2.13. The van der Waals surface area contributed by atoms with Gasteiger partial charge in [-0.25, -0.2) is 8.42 Å². The van der Waals surface area contributed by atoms with Crippen LogP contribution < -0.4 is 10.2 Å². The zero-order valence-corrected chi connectivity index (χ0v) is 11.2. The average molecular weight is 285 g/mol. The van der Waals surface area contributed by atoms with Gasteiger partial charge in [0.1, 0.15) is 12.4 Å². The van der Waals surface area contributed by atoms with E-state index in [1.54, 1.807) is 18.2 Å². The third kappa shape index (κ3) is 3.69. The molecule has 0 unspecified atom stereocenters. The monoisotopic (exact) mass is 285 g/mol. The number of hydrogen-bond acceptors (Lipinski definition) is 5. The lowest BCUT2D eigenvalue weighted by atomic mass is 9.80. The summed E-state index contributed by atoms with van der Waals surface area (Å²) in [6, 6.07) is 6.42. The molecule has 104 valence electrons. The summed E-state index contributed by atoms with van der Waals surface area (Å²) in [6.07, 6.45) is 0.661. The highest BCUT2D eigenvalue weighted by molar-refractivity contribution is 7.89. The van der Waals surface area contributed by atoms with E-state index < -0.39 is 17.1 Å². The van der Waals surface area contributed by atoms with Crippen LogP contribution in [0, 0.1) is 0 Å². The van der Waals surface area contributed by atoms with Crippen LogP contribution in [-0.4, -0.2) is 55.3 Å². The van der Waals surface area contributed by atoms with Crippen molar-refractivity contribution >= 4 is 22.6 Å². The maximum Gasteiger partial charge on any atom is 0.488 e. The Morgan fingerprint density at radius 3 is 2.79 bits per heavy atom. The van der Waals surface area contributed by atoms with E-state index in [9.17, 15) is 8.42 Å². The lowest BCUT2D eigenvalue weighted by Gasteiger charge is -2.14. The van der Waals surface area contributed by atoms with Crippen molar-refractivity contribution < 1.29 is 23.2 Å². The molecule has 1 saturated heterocycles. The minimum absolute atomic E-state index is 0.208. The van der Waals surface area contributed by atoms with Crippen LogP contribution >= 0.6 is 0 Å². The van der Waals surface area contributed by atoms with Gasteiger partial charge in [-0.1, -0.05) is 12.1 Å². The lowest BCUT2D eigenvalue weighted by Crippen LogP contribution is -2.31. The fourth-order valence-corrected chi connectivity index (χ4v) is 3.48. The minimum atomic E-state index is -3.09. The van der Waals surface area contributed by atoms with Crippen molar-refractivity contribution in [1.82, 2.24) is 4.31 Å². The van der Waals surface area contributed by atoms with Crippen molar-refractivity contribution in [2.24, 2.45) is 0 Å². The van der Waals surface area contributed by atoms with Gasteiger partial charge in [0.2, 0.25) is 10.0 Å². The first-order chi connectivity index (χ1) is 8.99. The first kappa shape index (κ1) is 14.3. The van der Waals surface area contributed by atoms with E-state index in [1.165, 1.54) is 10.4 Å². The molecule has 1 aromatic rings. The summed E-state index contributed by atoms with van der Waals surface area (Å²) in [5.41, 5.74) is 0.339. The summed E-state index contributed by atoms with van der Waals surface area (Å²) in [5.74, 6) is 0.696. The number of sulfonamides is 1. The summed E-state index contributed by atoms with van der Waals surface area (Å²) < 4.78 is 29.9. The minimum Gasteiger partial charge on any atom is -0.492 e. The summed E-state index contributed by atoms with van der Waals surface area (Å²) in [4.78, 5) is 0. The smallest absolute Gasteiger partial charge is 0.488 e. The van der Waals surface area contributed by atoms with E-state index >= 15 is 0 Å². The third-order valence-corrected chi connectivity index (χ3v) is 4.93.